The zero-order valence-corrected chi connectivity index (χ0v) is 8.62. The molecule has 2 N–H and O–H groups in total. The molecule has 1 heterocycles. The van der Waals surface area contributed by atoms with E-state index in [4.69, 9.17) is 5.11 Å². The van der Waals surface area contributed by atoms with E-state index in [1.54, 1.807) is 13.0 Å². The highest BCUT2D eigenvalue weighted by Gasteiger charge is 2.07. The maximum absolute atomic E-state index is 10.5. The Balaban J connectivity index is 2.35. The number of rotatable bonds is 3. The lowest BCUT2D eigenvalue weighted by molar-refractivity contribution is -0.132. The number of aliphatic carboxylic acids is 1. The van der Waals surface area contributed by atoms with Crippen molar-refractivity contribution in [2.75, 3.05) is 32.7 Å². The summed E-state index contributed by atoms with van der Waals surface area (Å²) in [7, 11) is 0. The number of nitrogens with zero attached hydrogens (tertiary/aromatic N) is 1. The van der Waals surface area contributed by atoms with Crippen LogP contribution >= 0.6 is 0 Å². The molecule has 4 nitrogen and oxygen atoms in total. The van der Waals surface area contributed by atoms with Crippen LogP contribution in [0.4, 0.5) is 0 Å². The molecule has 0 atom stereocenters. The van der Waals surface area contributed by atoms with Gasteiger partial charge in [-0.25, -0.2) is 4.79 Å². The van der Waals surface area contributed by atoms with Gasteiger partial charge in [-0.15, -0.1) is 0 Å². The van der Waals surface area contributed by atoms with Gasteiger partial charge < -0.3 is 10.4 Å². The van der Waals surface area contributed by atoms with Gasteiger partial charge in [-0.3, -0.25) is 4.90 Å². The summed E-state index contributed by atoms with van der Waals surface area (Å²) in [4.78, 5) is 12.8. The Hall–Kier alpha value is -0.870. The van der Waals surface area contributed by atoms with Gasteiger partial charge in [-0.05, 0) is 26.4 Å². The number of carboxylic acids is 1. The zero-order valence-electron chi connectivity index (χ0n) is 8.62. The average Bonchev–Trinajstić information content (AvgIpc) is 2.42. The van der Waals surface area contributed by atoms with Crippen LogP contribution in [-0.4, -0.2) is 48.7 Å². The number of nitrogens with one attached hydrogen (secondary N) is 1. The molecule has 80 valence electrons. The molecule has 0 aromatic carbocycles. The Morgan fingerprint density at radius 2 is 2.29 bits per heavy atom. The summed E-state index contributed by atoms with van der Waals surface area (Å²) in [6.45, 7) is 6.51. The summed E-state index contributed by atoms with van der Waals surface area (Å²) >= 11 is 0. The van der Waals surface area contributed by atoms with E-state index < -0.39 is 5.97 Å². The smallest absolute Gasteiger partial charge is 0.330 e. The molecule has 0 radical (unpaired) electrons. The first-order valence-electron chi connectivity index (χ1n) is 5.03. The molecule has 0 bridgehead atoms. The van der Waals surface area contributed by atoms with Crippen molar-refractivity contribution in [1.82, 2.24) is 10.2 Å². The summed E-state index contributed by atoms with van der Waals surface area (Å²) in [6, 6.07) is 0. The van der Waals surface area contributed by atoms with Crippen LogP contribution in [0.5, 0.6) is 0 Å². The second kappa shape index (κ2) is 5.78. The van der Waals surface area contributed by atoms with Crippen LogP contribution in [0, 0.1) is 0 Å². The van der Waals surface area contributed by atoms with Crippen molar-refractivity contribution in [2.45, 2.75) is 13.3 Å². The van der Waals surface area contributed by atoms with E-state index >= 15 is 0 Å². The summed E-state index contributed by atoms with van der Waals surface area (Å²) in [5.41, 5.74) is 0.433. The highest BCUT2D eigenvalue weighted by molar-refractivity contribution is 5.85. The maximum Gasteiger partial charge on any atom is 0.330 e. The van der Waals surface area contributed by atoms with Gasteiger partial charge in [0, 0.05) is 25.2 Å². The Morgan fingerprint density at radius 1 is 1.50 bits per heavy atom. The van der Waals surface area contributed by atoms with Crippen molar-refractivity contribution in [3.63, 3.8) is 0 Å². The van der Waals surface area contributed by atoms with Crippen LogP contribution in [-0.2, 0) is 4.79 Å². The van der Waals surface area contributed by atoms with Gasteiger partial charge in [0.05, 0.1) is 0 Å². The van der Waals surface area contributed by atoms with Crippen molar-refractivity contribution in [3.05, 3.63) is 11.6 Å². The zero-order chi connectivity index (χ0) is 10.4. The second-order valence-electron chi connectivity index (χ2n) is 3.60. The van der Waals surface area contributed by atoms with Gasteiger partial charge in [0.15, 0.2) is 0 Å². The van der Waals surface area contributed by atoms with E-state index in [1.807, 2.05) is 0 Å². The van der Waals surface area contributed by atoms with Gasteiger partial charge in [-0.1, -0.05) is 6.08 Å². The van der Waals surface area contributed by atoms with E-state index in [-0.39, 0.29) is 0 Å². The summed E-state index contributed by atoms with van der Waals surface area (Å²) in [6.07, 6.45) is 2.92. The Morgan fingerprint density at radius 3 is 3.00 bits per heavy atom. The van der Waals surface area contributed by atoms with Gasteiger partial charge in [-0.2, -0.15) is 0 Å². The van der Waals surface area contributed by atoms with Crippen LogP contribution in [0.25, 0.3) is 0 Å². The number of carbonyl (C=O) groups is 1. The molecule has 0 aliphatic carbocycles. The van der Waals surface area contributed by atoms with E-state index in [1.165, 1.54) is 0 Å². The van der Waals surface area contributed by atoms with E-state index in [0.29, 0.717) is 5.57 Å². The second-order valence-corrected chi connectivity index (χ2v) is 3.60. The molecule has 0 saturated carbocycles. The van der Waals surface area contributed by atoms with Crippen LogP contribution in [0.3, 0.4) is 0 Å². The fraction of sp³-hybridized carbons (Fsp3) is 0.700. The minimum atomic E-state index is -0.821. The first-order valence-corrected chi connectivity index (χ1v) is 5.03. The Kier molecular flexibility index (Phi) is 4.62. The van der Waals surface area contributed by atoms with Gasteiger partial charge >= 0.3 is 5.97 Å². The van der Waals surface area contributed by atoms with Crippen molar-refractivity contribution in [3.8, 4) is 0 Å². The van der Waals surface area contributed by atoms with Gasteiger partial charge in [0.25, 0.3) is 0 Å². The molecule has 0 amide bonds. The fourth-order valence-corrected chi connectivity index (χ4v) is 1.44. The molecular formula is C10H18N2O2. The molecule has 1 rings (SSSR count). The van der Waals surface area contributed by atoms with Crippen LogP contribution < -0.4 is 5.32 Å². The van der Waals surface area contributed by atoms with Crippen molar-refractivity contribution in [1.29, 1.82) is 0 Å². The maximum atomic E-state index is 10.5. The predicted molar refractivity (Wildman–Crippen MR) is 55.3 cm³/mol. The third-order valence-corrected chi connectivity index (χ3v) is 2.43. The Labute approximate surface area is 84.6 Å². The van der Waals surface area contributed by atoms with E-state index in [0.717, 1.165) is 39.1 Å². The number of carboxylic acid groups (broad SMARTS) is 1. The molecule has 0 unspecified atom stereocenters. The lowest BCUT2D eigenvalue weighted by Crippen LogP contribution is -2.28. The highest BCUT2D eigenvalue weighted by atomic mass is 16.4. The average molecular weight is 198 g/mol. The topological polar surface area (TPSA) is 52.6 Å². The largest absolute Gasteiger partial charge is 0.478 e. The molecular weight excluding hydrogens is 180 g/mol. The van der Waals surface area contributed by atoms with Crippen LogP contribution in [0.15, 0.2) is 11.6 Å². The molecule has 0 aromatic heterocycles. The van der Waals surface area contributed by atoms with Gasteiger partial charge in [0.1, 0.15) is 0 Å². The Bertz CT molecular complexity index is 218. The molecule has 1 saturated heterocycles. The monoisotopic (exact) mass is 198 g/mol. The lowest BCUT2D eigenvalue weighted by Gasteiger charge is -2.16. The fourth-order valence-electron chi connectivity index (χ4n) is 1.44. The molecule has 1 aliphatic rings. The molecule has 4 heteroatoms. The van der Waals surface area contributed by atoms with Crippen LogP contribution in [0.1, 0.15) is 13.3 Å². The standard InChI is InChI=1S/C10H18N2O2/c1-9(10(13)14)3-7-12-6-2-4-11-5-8-12/h3,11H,2,4-8H2,1H3,(H,13,14). The lowest BCUT2D eigenvalue weighted by atomic mass is 10.2. The number of hydrogen-bond acceptors (Lipinski definition) is 3. The summed E-state index contributed by atoms with van der Waals surface area (Å²) < 4.78 is 0. The summed E-state index contributed by atoms with van der Waals surface area (Å²) in [5, 5.41) is 12.0. The van der Waals surface area contributed by atoms with Crippen LogP contribution in [0.2, 0.25) is 0 Å². The van der Waals surface area contributed by atoms with Gasteiger partial charge in [0.2, 0.25) is 0 Å². The molecule has 0 spiro atoms. The minimum Gasteiger partial charge on any atom is -0.478 e. The molecule has 0 aromatic rings. The van der Waals surface area contributed by atoms with Crippen molar-refractivity contribution >= 4 is 5.97 Å². The third kappa shape index (κ3) is 3.89. The molecule has 1 aliphatic heterocycles. The predicted octanol–water partition coefficient (Wildman–Crippen LogP) is 0.313. The third-order valence-electron chi connectivity index (χ3n) is 2.43. The molecule has 1 fully saturated rings. The van der Waals surface area contributed by atoms with Crippen molar-refractivity contribution < 1.29 is 9.90 Å². The highest BCUT2D eigenvalue weighted by Crippen LogP contribution is 1.98. The summed E-state index contributed by atoms with van der Waals surface area (Å²) in [5.74, 6) is -0.821. The van der Waals surface area contributed by atoms with E-state index in [9.17, 15) is 4.79 Å². The quantitative estimate of drug-likeness (QED) is 0.641. The minimum absolute atomic E-state index is 0.433. The normalized spacial score (nSPS) is 20.5. The first-order chi connectivity index (χ1) is 6.70. The van der Waals surface area contributed by atoms with E-state index in [2.05, 4.69) is 10.2 Å². The van der Waals surface area contributed by atoms with Crippen molar-refractivity contribution in [2.24, 2.45) is 0 Å². The molecule has 14 heavy (non-hydrogen) atoms. The number of hydrogen-bond donors (Lipinski definition) is 2. The SMILES string of the molecule is CC(=CCN1CCCNCC1)C(=O)O. The first kappa shape index (κ1) is 11.2.